The Balaban J connectivity index is 1.87. The highest BCUT2D eigenvalue weighted by Crippen LogP contribution is 2.39. The van der Waals surface area contributed by atoms with Gasteiger partial charge < -0.3 is 9.88 Å². The second kappa shape index (κ2) is 7.40. The first-order valence-corrected chi connectivity index (χ1v) is 9.46. The minimum Gasteiger partial charge on any atom is -0.356 e. The average molecular weight is 462 g/mol. The average Bonchev–Trinajstić information content (AvgIpc) is 3.05. The highest BCUT2D eigenvalue weighted by atomic mass is 35.5. The number of nitrogens with one attached hydrogen (secondary N) is 1. The summed E-state index contributed by atoms with van der Waals surface area (Å²) in [4.78, 5) is 13.7. The van der Waals surface area contributed by atoms with Gasteiger partial charge in [0, 0.05) is 28.2 Å². The number of aromatic nitrogens is 4. The van der Waals surface area contributed by atoms with Crippen LogP contribution in [0.2, 0.25) is 5.02 Å². The number of halogens is 7. The Morgan fingerprint density at radius 1 is 1.06 bits per heavy atom. The van der Waals surface area contributed by atoms with Crippen molar-refractivity contribution in [1.82, 2.24) is 19.9 Å². The Kier molecular flexibility index (Phi) is 5.11. The van der Waals surface area contributed by atoms with Gasteiger partial charge in [-0.3, -0.25) is 0 Å². The van der Waals surface area contributed by atoms with Gasteiger partial charge in [0.15, 0.2) is 0 Å². The molecule has 164 valence electrons. The van der Waals surface area contributed by atoms with Gasteiger partial charge in [-0.05, 0) is 37.1 Å². The molecule has 0 fully saturated rings. The Morgan fingerprint density at radius 2 is 1.71 bits per heavy atom. The van der Waals surface area contributed by atoms with Gasteiger partial charge in [-0.25, -0.2) is 4.98 Å². The molecule has 31 heavy (non-hydrogen) atoms. The monoisotopic (exact) mass is 461 g/mol. The molecule has 0 saturated heterocycles. The van der Waals surface area contributed by atoms with Gasteiger partial charge >= 0.3 is 12.4 Å². The predicted octanol–water partition coefficient (Wildman–Crippen LogP) is 5.72. The first kappa shape index (κ1) is 21.4. The summed E-state index contributed by atoms with van der Waals surface area (Å²) in [5.74, 6) is -4.48. The van der Waals surface area contributed by atoms with E-state index in [9.17, 15) is 26.3 Å². The molecule has 1 aromatic carbocycles. The van der Waals surface area contributed by atoms with E-state index in [1.165, 1.54) is 4.90 Å². The van der Waals surface area contributed by atoms with E-state index in [0.29, 0.717) is 17.1 Å². The maximum absolute atomic E-state index is 13.2. The third-order valence-electron chi connectivity index (χ3n) is 4.90. The lowest BCUT2D eigenvalue weighted by atomic mass is 9.97. The van der Waals surface area contributed by atoms with Crippen LogP contribution in [0.5, 0.6) is 0 Å². The topological polar surface area (TPSA) is 57.7 Å². The standard InChI is InChI=1S/C19H14ClF6N5/c1-2-3-13-14-10(11-8-9(20)4-5-12(11)27-14)6-7-31(13)17-29-15(18(21,22)23)28-16(30-17)19(24,25)26/h2-5,8,13,27H,6-7H2,1H3/b3-2+. The lowest BCUT2D eigenvalue weighted by molar-refractivity contribution is -0.155. The Morgan fingerprint density at radius 3 is 2.29 bits per heavy atom. The SMILES string of the molecule is C/C=C/C1c2[nH]c3ccc(Cl)cc3c2CCN1c1nc(C(F)(F)F)nc(C(F)(F)F)n1. The third-order valence-corrected chi connectivity index (χ3v) is 5.13. The van der Waals surface area contributed by atoms with Gasteiger partial charge in [-0.15, -0.1) is 0 Å². The van der Waals surface area contributed by atoms with E-state index < -0.39 is 36.0 Å². The summed E-state index contributed by atoms with van der Waals surface area (Å²) in [5, 5.41) is 1.36. The maximum Gasteiger partial charge on any atom is 0.451 e. The van der Waals surface area contributed by atoms with Crippen LogP contribution in [0, 0.1) is 0 Å². The molecule has 0 radical (unpaired) electrons. The second-order valence-corrected chi connectivity index (χ2v) is 7.34. The largest absolute Gasteiger partial charge is 0.451 e. The number of hydrogen-bond acceptors (Lipinski definition) is 4. The molecular formula is C19H14ClF6N5. The fourth-order valence-electron chi connectivity index (χ4n) is 3.64. The van der Waals surface area contributed by atoms with Crippen molar-refractivity contribution in [3.05, 3.63) is 58.3 Å². The number of anilines is 1. The van der Waals surface area contributed by atoms with Crippen LogP contribution in [0.25, 0.3) is 10.9 Å². The quantitative estimate of drug-likeness (QED) is 0.391. The van der Waals surface area contributed by atoms with Crippen LogP contribution in [-0.2, 0) is 18.8 Å². The van der Waals surface area contributed by atoms with Gasteiger partial charge in [0.1, 0.15) is 0 Å². The lowest BCUT2D eigenvalue weighted by Gasteiger charge is -2.34. The molecule has 0 amide bonds. The fourth-order valence-corrected chi connectivity index (χ4v) is 3.82. The van der Waals surface area contributed by atoms with Crippen molar-refractivity contribution in [2.45, 2.75) is 31.7 Å². The summed E-state index contributed by atoms with van der Waals surface area (Å²) in [5.41, 5.74) is 2.27. The molecule has 3 heterocycles. The zero-order valence-corrected chi connectivity index (χ0v) is 16.6. The number of benzene rings is 1. The van der Waals surface area contributed by atoms with Crippen molar-refractivity contribution in [2.75, 3.05) is 11.4 Å². The summed E-state index contributed by atoms with van der Waals surface area (Å²) >= 11 is 6.08. The molecule has 1 aliphatic heterocycles. The van der Waals surface area contributed by atoms with Gasteiger partial charge in [0.25, 0.3) is 0 Å². The fraction of sp³-hybridized carbons (Fsp3) is 0.316. The van der Waals surface area contributed by atoms with E-state index in [0.717, 1.165) is 16.5 Å². The zero-order chi connectivity index (χ0) is 22.6. The number of alkyl halides is 6. The highest BCUT2D eigenvalue weighted by molar-refractivity contribution is 6.31. The Labute approximate surface area is 176 Å². The summed E-state index contributed by atoms with van der Waals surface area (Å²) in [7, 11) is 0. The van der Waals surface area contributed by atoms with E-state index in [2.05, 4.69) is 19.9 Å². The van der Waals surface area contributed by atoms with Crippen LogP contribution in [0.1, 0.15) is 35.9 Å². The highest BCUT2D eigenvalue weighted by Gasteiger charge is 2.43. The first-order chi connectivity index (χ1) is 14.5. The normalized spacial score (nSPS) is 17.5. The van der Waals surface area contributed by atoms with Crippen molar-refractivity contribution < 1.29 is 26.3 Å². The molecule has 0 saturated carbocycles. The molecule has 2 aromatic heterocycles. The van der Waals surface area contributed by atoms with E-state index in [1.54, 1.807) is 37.3 Å². The number of aromatic amines is 1. The molecule has 1 unspecified atom stereocenters. The smallest absolute Gasteiger partial charge is 0.356 e. The third kappa shape index (κ3) is 3.93. The van der Waals surface area contributed by atoms with Crippen LogP contribution in [-0.4, -0.2) is 26.5 Å². The minimum atomic E-state index is -5.16. The molecule has 1 aliphatic rings. The number of nitrogens with zero attached hydrogens (tertiary/aromatic N) is 4. The minimum absolute atomic E-state index is 0.0973. The summed E-state index contributed by atoms with van der Waals surface area (Å²) in [6, 6.07) is 4.51. The van der Waals surface area contributed by atoms with Gasteiger partial charge in [-0.2, -0.15) is 36.3 Å². The van der Waals surface area contributed by atoms with Crippen LogP contribution in [0.15, 0.2) is 30.4 Å². The molecule has 0 bridgehead atoms. The van der Waals surface area contributed by atoms with Crippen LogP contribution < -0.4 is 4.90 Å². The Bertz CT molecular complexity index is 1130. The van der Waals surface area contributed by atoms with Crippen LogP contribution in [0.3, 0.4) is 0 Å². The lowest BCUT2D eigenvalue weighted by Crippen LogP contribution is -2.37. The van der Waals surface area contributed by atoms with Crippen molar-refractivity contribution in [2.24, 2.45) is 0 Å². The van der Waals surface area contributed by atoms with Gasteiger partial charge in [-0.1, -0.05) is 23.8 Å². The van der Waals surface area contributed by atoms with E-state index in [-0.39, 0.29) is 6.54 Å². The number of rotatable bonds is 2. The molecular weight excluding hydrogens is 448 g/mol. The molecule has 0 spiro atoms. The summed E-state index contributed by atoms with van der Waals surface area (Å²) in [6.07, 6.45) is -6.67. The summed E-state index contributed by atoms with van der Waals surface area (Å²) < 4.78 is 79.2. The molecule has 5 nitrogen and oxygen atoms in total. The molecule has 12 heteroatoms. The zero-order valence-electron chi connectivity index (χ0n) is 15.8. The van der Waals surface area contributed by atoms with Gasteiger partial charge in [0.2, 0.25) is 17.6 Å². The van der Waals surface area contributed by atoms with E-state index >= 15 is 0 Å². The number of fused-ring (bicyclic) bond motifs is 3. The van der Waals surface area contributed by atoms with Crippen molar-refractivity contribution >= 4 is 28.5 Å². The summed E-state index contributed by atoms with van der Waals surface area (Å²) in [6.45, 7) is 1.79. The Hall–Kier alpha value is -2.82. The van der Waals surface area contributed by atoms with Crippen molar-refractivity contribution in [3.8, 4) is 0 Å². The van der Waals surface area contributed by atoms with E-state index in [4.69, 9.17) is 11.6 Å². The predicted molar refractivity (Wildman–Crippen MR) is 102 cm³/mol. The second-order valence-electron chi connectivity index (χ2n) is 6.90. The molecule has 0 aliphatic carbocycles. The van der Waals surface area contributed by atoms with Crippen LogP contribution >= 0.6 is 11.6 Å². The molecule has 1 N–H and O–H groups in total. The first-order valence-electron chi connectivity index (χ1n) is 9.09. The molecule has 1 atom stereocenters. The van der Waals surface area contributed by atoms with Gasteiger partial charge in [0.05, 0.1) is 6.04 Å². The maximum atomic E-state index is 13.2. The van der Waals surface area contributed by atoms with Crippen molar-refractivity contribution in [3.63, 3.8) is 0 Å². The van der Waals surface area contributed by atoms with Crippen LogP contribution in [0.4, 0.5) is 32.3 Å². The number of hydrogen-bond donors (Lipinski definition) is 1. The molecule has 4 rings (SSSR count). The van der Waals surface area contributed by atoms with Crippen molar-refractivity contribution in [1.29, 1.82) is 0 Å². The number of H-pyrrole nitrogens is 1. The van der Waals surface area contributed by atoms with E-state index in [1.807, 2.05) is 0 Å². The number of allylic oxidation sites excluding steroid dienone is 1. The molecule has 3 aromatic rings.